The van der Waals surface area contributed by atoms with E-state index in [0.717, 1.165) is 5.56 Å². The van der Waals surface area contributed by atoms with Crippen LogP contribution >= 0.6 is 11.3 Å². The molecular weight excluding hydrogens is 248 g/mol. The lowest BCUT2D eigenvalue weighted by Crippen LogP contribution is -2.62. The van der Waals surface area contributed by atoms with E-state index in [0.29, 0.717) is 6.42 Å². The first-order valence-electron chi connectivity index (χ1n) is 6.21. The molecule has 4 nitrogen and oxygen atoms in total. The van der Waals surface area contributed by atoms with Crippen molar-refractivity contribution >= 4 is 23.2 Å². The summed E-state index contributed by atoms with van der Waals surface area (Å²) in [7, 11) is 0. The zero-order valence-electron chi connectivity index (χ0n) is 10.8. The smallest absolute Gasteiger partial charge is 0.246 e. The molecule has 1 fully saturated rings. The Morgan fingerprint density at radius 3 is 2.78 bits per heavy atom. The summed E-state index contributed by atoms with van der Waals surface area (Å²) in [5.41, 5.74) is 1.09. The summed E-state index contributed by atoms with van der Waals surface area (Å²) >= 11 is 1.61. The highest BCUT2D eigenvalue weighted by Gasteiger charge is 2.40. The minimum atomic E-state index is -0.429. The van der Waals surface area contributed by atoms with E-state index < -0.39 is 6.04 Å². The van der Waals surface area contributed by atoms with Crippen molar-refractivity contribution in [3.05, 3.63) is 22.4 Å². The van der Waals surface area contributed by atoms with E-state index in [1.165, 1.54) is 0 Å². The molecule has 0 saturated carbocycles. The number of nitrogens with zero attached hydrogens (tertiary/aromatic N) is 1. The zero-order chi connectivity index (χ0) is 13.3. The van der Waals surface area contributed by atoms with Crippen molar-refractivity contribution in [2.24, 2.45) is 0 Å². The van der Waals surface area contributed by atoms with Crippen LogP contribution in [0.25, 0.3) is 0 Å². The van der Waals surface area contributed by atoms with Crippen molar-refractivity contribution in [2.75, 3.05) is 0 Å². The average molecular weight is 266 g/mol. The van der Waals surface area contributed by atoms with Gasteiger partial charge in [0.05, 0.1) is 6.04 Å². The van der Waals surface area contributed by atoms with Crippen LogP contribution in [0, 0.1) is 0 Å². The highest BCUT2D eigenvalue weighted by molar-refractivity contribution is 7.07. The van der Waals surface area contributed by atoms with Crippen LogP contribution in [-0.4, -0.2) is 28.8 Å². The minimum Gasteiger partial charge on any atom is -0.343 e. The Hall–Kier alpha value is -1.36. The van der Waals surface area contributed by atoms with Gasteiger partial charge in [-0.25, -0.2) is 0 Å². The van der Waals surface area contributed by atoms with Gasteiger partial charge >= 0.3 is 0 Å². The van der Waals surface area contributed by atoms with Gasteiger partial charge in [0, 0.05) is 0 Å². The Morgan fingerprint density at radius 2 is 2.22 bits per heavy atom. The largest absolute Gasteiger partial charge is 0.343 e. The van der Waals surface area contributed by atoms with Gasteiger partial charge in [-0.3, -0.25) is 9.59 Å². The summed E-state index contributed by atoms with van der Waals surface area (Å²) in [6.45, 7) is 5.65. The van der Waals surface area contributed by atoms with Crippen LogP contribution in [0.15, 0.2) is 16.8 Å². The van der Waals surface area contributed by atoms with Crippen molar-refractivity contribution in [2.45, 2.75) is 45.3 Å². The lowest BCUT2D eigenvalue weighted by atomic mass is 10.0. The predicted molar refractivity (Wildman–Crippen MR) is 71.3 cm³/mol. The van der Waals surface area contributed by atoms with E-state index in [9.17, 15) is 9.59 Å². The van der Waals surface area contributed by atoms with Gasteiger partial charge in [0.15, 0.2) is 0 Å². The normalized spacial score (nSPS) is 26.1. The van der Waals surface area contributed by atoms with E-state index in [-0.39, 0.29) is 23.9 Å². The molecule has 1 aromatic heterocycles. The first-order chi connectivity index (χ1) is 8.56. The third-order valence-corrected chi connectivity index (χ3v) is 4.15. The number of carbonyl (C=O) groups excluding carboxylic acids is 2. The van der Waals surface area contributed by atoms with Gasteiger partial charge in [-0.2, -0.15) is 11.3 Å². The Labute approximate surface area is 111 Å². The number of nitrogens with one attached hydrogen (secondary N) is 1. The van der Waals surface area contributed by atoms with Crippen molar-refractivity contribution in [1.29, 1.82) is 0 Å². The standard InChI is InChI=1S/C13H18N2O2S/c1-4-11-12(16)14-8(2)13(17)15(11)9(3)10-5-6-18-7-10/h5-9,11H,4H2,1-3H3,(H,14,16). The Morgan fingerprint density at radius 1 is 1.50 bits per heavy atom. The molecule has 0 spiro atoms. The zero-order valence-corrected chi connectivity index (χ0v) is 11.7. The fourth-order valence-corrected chi connectivity index (χ4v) is 3.14. The SMILES string of the molecule is CCC1C(=O)NC(C)C(=O)N1C(C)c1ccsc1. The molecule has 0 bridgehead atoms. The van der Waals surface area contributed by atoms with Crippen LogP contribution in [0.2, 0.25) is 0 Å². The lowest BCUT2D eigenvalue weighted by molar-refractivity contribution is -0.151. The lowest BCUT2D eigenvalue weighted by Gasteiger charge is -2.41. The summed E-state index contributed by atoms with van der Waals surface area (Å²) in [5, 5.41) is 6.75. The first-order valence-corrected chi connectivity index (χ1v) is 7.15. The highest BCUT2D eigenvalue weighted by Crippen LogP contribution is 2.28. The Balaban J connectivity index is 2.31. The highest BCUT2D eigenvalue weighted by atomic mass is 32.1. The molecule has 2 heterocycles. The summed E-state index contributed by atoms with van der Waals surface area (Å²) in [4.78, 5) is 26.0. The molecule has 1 saturated heterocycles. The molecule has 1 aliphatic rings. The number of carbonyl (C=O) groups is 2. The monoisotopic (exact) mass is 266 g/mol. The molecule has 0 radical (unpaired) electrons. The fraction of sp³-hybridized carbons (Fsp3) is 0.538. The molecule has 2 amide bonds. The van der Waals surface area contributed by atoms with E-state index in [4.69, 9.17) is 0 Å². The van der Waals surface area contributed by atoms with Gasteiger partial charge in [0.1, 0.15) is 12.1 Å². The van der Waals surface area contributed by atoms with Gasteiger partial charge < -0.3 is 10.2 Å². The van der Waals surface area contributed by atoms with Crippen LogP contribution in [0.5, 0.6) is 0 Å². The molecule has 0 aromatic carbocycles. The molecule has 1 aliphatic heterocycles. The maximum atomic E-state index is 12.3. The minimum absolute atomic E-state index is 0.000139. The topological polar surface area (TPSA) is 49.4 Å². The van der Waals surface area contributed by atoms with Gasteiger partial charge in [0.2, 0.25) is 11.8 Å². The van der Waals surface area contributed by atoms with Crippen LogP contribution in [0.3, 0.4) is 0 Å². The molecule has 1 N–H and O–H groups in total. The Kier molecular flexibility index (Phi) is 3.71. The summed E-state index contributed by atoms with van der Waals surface area (Å²) in [6, 6.07) is 1.17. The third kappa shape index (κ3) is 2.14. The number of hydrogen-bond acceptors (Lipinski definition) is 3. The van der Waals surface area contributed by atoms with Crippen molar-refractivity contribution < 1.29 is 9.59 Å². The maximum Gasteiger partial charge on any atom is 0.246 e. The Bertz CT molecular complexity index is 444. The fourth-order valence-electron chi connectivity index (χ4n) is 2.39. The van der Waals surface area contributed by atoms with Crippen molar-refractivity contribution in [3.8, 4) is 0 Å². The van der Waals surface area contributed by atoms with E-state index in [2.05, 4.69) is 5.32 Å². The van der Waals surface area contributed by atoms with E-state index in [1.54, 1.807) is 23.2 Å². The van der Waals surface area contributed by atoms with Gasteiger partial charge in [-0.05, 0) is 42.7 Å². The quantitative estimate of drug-likeness (QED) is 0.909. The third-order valence-electron chi connectivity index (χ3n) is 3.45. The predicted octanol–water partition coefficient (Wildman–Crippen LogP) is 1.93. The van der Waals surface area contributed by atoms with Crippen LogP contribution < -0.4 is 5.32 Å². The summed E-state index contributed by atoms with van der Waals surface area (Å²) in [5.74, 6) is -0.0492. The number of amides is 2. The van der Waals surface area contributed by atoms with Gasteiger partial charge in [-0.15, -0.1) is 0 Å². The molecule has 98 valence electrons. The number of hydrogen-bond donors (Lipinski definition) is 1. The molecule has 3 atom stereocenters. The molecule has 5 heteroatoms. The van der Waals surface area contributed by atoms with Crippen molar-refractivity contribution in [1.82, 2.24) is 10.2 Å². The van der Waals surface area contributed by atoms with E-state index >= 15 is 0 Å². The second-order valence-electron chi connectivity index (χ2n) is 4.63. The number of piperazine rings is 1. The van der Waals surface area contributed by atoms with Gasteiger partial charge in [-0.1, -0.05) is 6.92 Å². The van der Waals surface area contributed by atoms with Crippen molar-refractivity contribution in [3.63, 3.8) is 0 Å². The second-order valence-corrected chi connectivity index (χ2v) is 5.41. The molecule has 0 aliphatic carbocycles. The van der Waals surface area contributed by atoms with Gasteiger partial charge in [0.25, 0.3) is 0 Å². The number of thiophene rings is 1. The maximum absolute atomic E-state index is 12.3. The molecule has 1 aromatic rings. The second kappa shape index (κ2) is 5.10. The summed E-state index contributed by atoms with van der Waals surface area (Å²) < 4.78 is 0. The van der Waals surface area contributed by atoms with Crippen LogP contribution in [-0.2, 0) is 9.59 Å². The average Bonchev–Trinajstić information content (AvgIpc) is 2.86. The molecule has 3 unspecified atom stereocenters. The molecular formula is C13H18N2O2S. The number of rotatable bonds is 3. The molecule has 18 heavy (non-hydrogen) atoms. The molecule has 2 rings (SSSR count). The van der Waals surface area contributed by atoms with Crippen LogP contribution in [0.4, 0.5) is 0 Å². The van der Waals surface area contributed by atoms with E-state index in [1.807, 2.05) is 30.7 Å². The summed E-state index contributed by atoms with van der Waals surface area (Å²) in [6.07, 6.45) is 0.638. The van der Waals surface area contributed by atoms with Crippen LogP contribution in [0.1, 0.15) is 38.8 Å². The first kappa shape index (κ1) is 13.1.